The maximum absolute atomic E-state index is 12.5. The first-order valence-corrected chi connectivity index (χ1v) is 11.3. The van der Waals surface area contributed by atoms with E-state index in [0.29, 0.717) is 18.9 Å². The third-order valence-electron chi connectivity index (χ3n) is 4.51. The fourth-order valence-electron chi connectivity index (χ4n) is 2.79. The van der Waals surface area contributed by atoms with Gasteiger partial charge in [-0.15, -0.1) is 0 Å². The minimum absolute atomic E-state index is 0.0435. The Kier molecular flexibility index (Phi) is 12.1. The van der Waals surface area contributed by atoms with Crippen molar-refractivity contribution < 1.29 is 38.5 Å². The number of aliphatic hydroxyl groups is 1. The standard InChI is InChI=1S/C20H34N2O8S/c1-13(23)11-17-29-12-20(2,3)18(30-17)19(27)22-8-7-14(24)21-9-10-31-16(26)6-5-15(25)28-4/h13,17-18,23H,5-12H2,1-4H3,(H,21,24)(H,22,27)/t13?,17?,18-/m0/s1. The average molecular weight is 463 g/mol. The van der Waals surface area contributed by atoms with Gasteiger partial charge in [-0.2, -0.15) is 0 Å². The molecule has 0 aliphatic carbocycles. The molecule has 3 atom stereocenters. The van der Waals surface area contributed by atoms with Crippen molar-refractivity contribution in [3.63, 3.8) is 0 Å². The van der Waals surface area contributed by atoms with Crippen molar-refractivity contribution in [2.24, 2.45) is 5.41 Å². The topological polar surface area (TPSA) is 140 Å². The van der Waals surface area contributed by atoms with Crippen LogP contribution < -0.4 is 10.6 Å². The van der Waals surface area contributed by atoms with Gasteiger partial charge < -0.3 is 30.0 Å². The van der Waals surface area contributed by atoms with E-state index in [9.17, 15) is 24.3 Å². The molecule has 2 unspecified atom stereocenters. The normalized spacial score (nSPS) is 21.1. The largest absolute Gasteiger partial charge is 0.469 e. The molecule has 0 spiro atoms. The highest BCUT2D eigenvalue weighted by Gasteiger charge is 2.42. The maximum Gasteiger partial charge on any atom is 0.305 e. The molecule has 10 nitrogen and oxygen atoms in total. The van der Waals surface area contributed by atoms with Gasteiger partial charge in [0.25, 0.3) is 0 Å². The average Bonchev–Trinajstić information content (AvgIpc) is 2.70. The number of nitrogens with one attached hydrogen (secondary N) is 2. The summed E-state index contributed by atoms with van der Waals surface area (Å²) in [6.45, 7) is 6.10. The molecule has 0 saturated carbocycles. The fraction of sp³-hybridized carbons (Fsp3) is 0.800. The summed E-state index contributed by atoms with van der Waals surface area (Å²) in [6, 6.07) is 0. The van der Waals surface area contributed by atoms with Crippen LogP contribution in [0.2, 0.25) is 0 Å². The van der Waals surface area contributed by atoms with Gasteiger partial charge in [-0.3, -0.25) is 19.2 Å². The lowest BCUT2D eigenvalue weighted by atomic mass is 9.85. The van der Waals surface area contributed by atoms with Crippen molar-refractivity contribution in [3.8, 4) is 0 Å². The van der Waals surface area contributed by atoms with Gasteiger partial charge in [-0.25, -0.2) is 0 Å². The quantitative estimate of drug-likeness (QED) is 0.277. The summed E-state index contributed by atoms with van der Waals surface area (Å²) in [6.07, 6.45) is -1.51. The zero-order chi connectivity index (χ0) is 23.4. The van der Waals surface area contributed by atoms with Crippen molar-refractivity contribution >= 4 is 34.7 Å². The van der Waals surface area contributed by atoms with E-state index in [1.165, 1.54) is 7.11 Å². The molecule has 3 N–H and O–H groups in total. The highest BCUT2D eigenvalue weighted by Crippen LogP contribution is 2.31. The summed E-state index contributed by atoms with van der Waals surface area (Å²) in [7, 11) is 1.27. The smallest absolute Gasteiger partial charge is 0.305 e. The van der Waals surface area contributed by atoms with E-state index in [0.717, 1.165) is 11.8 Å². The van der Waals surface area contributed by atoms with Gasteiger partial charge in [0, 0.05) is 43.5 Å². The number of amides is 2. The van der Waals surface area contributed by atoms with Gasteiger partial charge in [-0.1, -0.05) is 25.6 Å². The van der Waals surface area contributed by atoms with Crippen LogP contribution in [0.5, 0.6) is 0 Å². The number of carbonyl (C=O) groups excluding carboxylic acids is 4. The molecule has 0 aromatic carbocycles. The second kappa shape index (κ2) is 13.7. The van der Waals surface area contributed by atoms with Gasteiger partial charge in [-0.05, 0) is 6.92 Å². The molecule has 1 aliphatic rings. The van der Waals surface area contributed by atoms with Crippen molar-refractivity contribution in [1.29, 1.82) is 0 Å². The van der Waals surface area contributed by atoms with Gasteiger partial charge in [0.1, 0.15) is 6.10 Å². The summed E-state index contributed by atoms with van der Waals surface area (Å²) in [5, 5.41) is 14.7. The van der Waals surface area contributed by atoms with Crippen LogP contribution >= 0.6 is 11.8 Å². The number of ether oxygens (including phenoxy) is 3. The van der Waals surface area contributed by atoms with Gasteiger partial charge in [0.15, 0.2) is 11.4 Å². The highest BCUT2D eigenvalue weighted by atomic mass is 32.2. The van der Waals surface area contributed by atoms with Gasteiger partial charge >= 0.3 is 5.97 Å². The van der Waals surface area contributed by atoms with Crippen molar-refractivity contribution in [2.75, 3.05) is 32.6 Å². The predicted octanol–water partition coefficient (Wildman–Crippen LogP) is 0.361. The van der Waals surface area contributed by atoms with Crippen LogP contribution in [0, 0.1) is 5.41 Å². The molecule has 178 valence electrons. The third kappa shape index (κ3) is 10.9. The number of hydrogen-bond donors (Lipinski definition) is 3. The van der Waals surface area contributed by atoms with E-state index < -0.39 is 29.9 Å². The maximum atomic E-state index is 12.5. The number of aliphatic hydroxyl groups excluding tert-OH is 1. The number of thioether (sulfide) groups is 1. The molecule has 1 aliphatic heterocycles. The Morgan fingerprint density at radius 2 is 1.87 bits per heavy atom. The number of carbonyl (C=O) groups is 4. The van der Waals surface area contributed by atoms with Crippen LogP contribution in [0.4, 0.5) is 0 Å². The van der Waals surface area contributed by atoms with Gasteiger partial charge in [0.2, 0.25) is 11.8 Å². The molecule has 1 rings (SSSR count). The zero-order valence-electron chi connectivity index (χ0n) is 18.6. The summed E-state index contributed by atoms with van der Waals surface area (Å²) in [5.74, 6) is -0.616. The Hall–Kier alpha value is -1.69. The first kappa shape index (κ1) is 27.3. The molecule has 0 aromatic rings. The molecule has 1 saturated heterocycles. The number of rotatable bonds is 12. The van der Waals surface area contributed by atoms with E-state index in [4.69, 9.17) is 9.47 Å². The Balaban J connectivity index is 2.24. The van der Waals surface area contributed by atoms with Gasteiger partial charge in [0.05, 0.1) is 26.2 Å². The monoisotopic (exact) mass is 462 g/mol. The lowest BCUT2D eigenvalue weighted by Gasteiger charge is -2.41. The summed E-state index contributed by atoms with van der Waals surface area (Å²) in [4.78, 5) is 47.0. The highest BCUT2D eigenvalue weighted by molar-refractivity contribution is 8.13. The van der Waals surface area contributed by atoms with Crippen LogP contribution in [0.15, 0.2) is 0 Å². The van der Waals surface area contributed by atoms with Crippen LogP contribution in [-0.4, -0.2) is 79.1 Å². The second-order valence-corrected chi connectivity index (χ2v) is 9.17. The molecule has 1 heterocycles. The summed E-state index contributed by atoms with van der Waals surface area (Å²) < 4.78 is 15.7. The molecule has 1 fully saturated rings. The first-order chi connectivity index (χ1) is 14.5. The summed E-state index contributed by atoms with van der Waals surface area (Å²) >= 11 is 1.05. The fourth-order valence-corrected chi connectivity index (χ4v) is 3.47. The zero-order valence-corrected chi connectivity index (χ0v) is 19.4. The van der Waals surface area contributed by atoms with Crippen LogP contribution in [-0.2, 0) is 33.4 Å². The molecular weight excluding hydrogens is 428 g/mol. The lowest BCUT2D eigenvalue weighted by Crippen LogP contribution is -2.54. The van der Waals surface area contributed by atoms with E-state index in [2.05, 4.69) is 15.4 Å². The third-order valence-corrected chi connectivity index (χ3v) is 5.44. The first-order valence-electron chi connectivity index (χ1n) is 10.3. The molecule has 2 amide bonds. The van der Waals surface area contributed by atoms with E-state index in [-0.39, 0.29) is 49.2 Å². The number of methoxy groups -OCH3 is 1. The number of hydrogen-bond acceptors (Lipinski definition) is 9. The Labute approximate surface area is 187 Å². The van der Waals surface area contributed by atoms with Crippen molar-refractivity contribution in [3.05, 3.63) is 0 Å². The number of esters is 1. The predicted molar refractivity (Wildman–Crippen MR) is 114 cm³/mol. The molecule has 0 radical (unpaired) electrons. The van der Waals surface area contributed by atoms with E-state index in [1.807, 2.05) is 13.8 Å². The Bertz CT molecular complexity index is 626. The van der Waals surface area contributed by atoms with Crippen molar-refractivity contribution in [1.82, 2.24) is 10.6 Å². The van der Waals surface area contributed by atoms with Crippen LogP contribution in [0.25, 0.3) is 0 Å². The molecule has 11 heteroatoms. The molecule has 0 aromatic heterocycles. The molecule has 31 heavy (non-hydrogen) atoms. The minimum atomic E-state index is -0.750. The van der Waals surface area contributed by atoms with E-state index >= 15 is 0 Å². The van der Waals surface area contributed by atoms with Crippen LogP contribution in [0.3, 0.4) is 0 Å². The Morgan fingerprint density at radius 3 is 2.52 bits per heavy atom. The SMILES string of the molecule is COC(=O)CCC(=O)SCCNC(=O)CCNC(=O)[C@@H]1OC(CC(C)O)OCC1(C)C. The minimum Gasteiger partial charge on any atom is -0.469 e. The lowest BCUT2D eigenvalue weighted by molar-refractivity contribution is -0.260. The second-order valence-electron chi connectivity index (χ2n) is 8.02. The summed E-state index contributed by atoms with van der Waals surface area (Å²) in [5.41, 5.74) is -0.542. The van der Waals surface area contributed by atoms with Crippen LogP contribution in [0.1, 0.15) is 46.5 Å². The Morgan fingerprint density at radius 1 is 1.16 bits per heavy atom. The molecular formula is C20H34N2O8S. The van der Waals surface area contributed by atoms with Crippen molar-refractivity contribution in [2.45, 2.75) is 65.0 Å². The molecule has 0 bridgehead atoms. The van der Waals surface area contributed by atoms with E-state index in [1.54, 1.807) is 6.92 Å².